The molecule has 11 rings (SSSR count). The van der Waals surface area contributed by atoms with Crippen molar-refractivity contribution in [1.29, 1.82) is 0 Å². The minimum atomic E-state index is 0.817. The summed E-state index contributed by atoms with van der Waals surface area (Å²) in [6.45, 7) is 0. The van der Waals surface area contributed by atoms with Gasteiger partial charge >= 0.3 is 0 Å². The SMILES string of the molecule is c1ccc(-c2ccc(N(c3ccccc3)c3cc(N(c4ccc(-c5ccccc5)cc4)c4ccccc4-c4ccccc4)c4oc5ccc6ccccc6c5c4c3)cc2)cc1. The highest BCUT2D eigenvalue weighted by Gasteiger charge is 2.26. The third kappa shape index (κ3) is 6.69. The summed E-state index contributed by atoms with van der Waals surface area (Å²) in [5, 5.41) is 4.47. The Kier molecular flexibility index (Phi) is 9.18. The molecule has 0 aliphatic carbocycles. The highest BCUT2D eigenvalue weighted by molar-refractivity contribution is 6.22. The molecule has 1 heterocycles. The van der Waals surface area contributed by atoms with Crippen LogP contribution in [0.1, 0.15) is 0 Å². The summed E-state index contributed by atoms with van der Waals surface area (Å²) < 4.78 is 7.10. The fourth-order valence-electron chi connectivity index (χ4n) is 8.74. The molecule has 0 saturated carbocycles. The number of nitrogens with zero attached hydrogens (tertiary/aromatic N) is 2. The molecule has 0 aliphatic rings. The van der Waals surface area contributed by atoms with Crippen LogP contribution in [-0.4, -0.2) is 0 Å². The number of furan rings is 1. The Labute approximate surface area is 355 Å². The Hall–Kier alpha value is -8.14. The smallest absolute Gasteiger partial charge is 0.159 e. The van der Waals surface area contributed by atoms with Gasteiger partial charge in [0.1, 0.15) is 5.58 Å². The first-order valence-corrected chi connectivity index (χ1v) is 20.8. The molecule has 3 nitrogen and oxygen atoms in total. The molecule has 0 radical (unpaired) electrons. The van der Waals surface area contributed by atoms with Crippen molar-refractivity contribution < 1.29 is 4.42 Å². The van der Waals surface area contributed by atoms with Gasteiger partial charge in [0, 0.05) is 39.1 Å². The summed E-state index contributed by atoms with van der Waals surface area (Å²) >= 11 is 0. The monoisotopic (exact) mass is 780 g/mol. The molecule has 0 fully saturated rings. The lowest BCUT2D eigenvalue weighted by atomic mass is 9.99. The second-order valence-corrected chi connectivity index (χ2v) is 15.3. The molecule has 0 aliphatic heterocycles. The van der Waals surface area contributed by atoms with Crippen LogP contribution in [0.15, 0.2) is 247 Å². The second kappa shape index (κ2) is 15.6. The van der Waals surface area contributed by atoms with Crippen molar-refractivity contribution in [3.05, 3.63) is 243 Å². The molecular formula is C58H40N2O. The molecule has 11 aromatic rings. The fraction of sp³-hybridized carbons (Fsp3) is 0. The zero-order valence-corrected chi connectivity index (χ0v) is 33.4. The topological polar surface area (TPSA) is 19.6 Å². The molecular weight excluding hydrogens is 741 g/mol. The predicted octanol–water partition coefficient (Wildman–Crippen LogP) is 16.7. The van der Waals surface area contributed by atoms with E-state index in [4.69, 9.17) is 4.42 Å². The summed E-state index contributed by atoms with van der Waals surface area (Å²) in [5.74, 6) is 0. The van der Waals surface area contributed by atoms with Crippen molar-refractivity contribution >= 4 is 66.8 Å². The van der Waals surface area contributed by atoms with E-state index in [1.807, 2.05) is 0 Å². The molecule has 288 valence electrons. The molecule has 10 aromatic carbocycles. The fourth-order valence-corrected chi connectivity index (χ4v) is 8.74. The first kappa shape index (κ1) is 36.0. The Morgan fingerprint density at radius 3 is 1.43 bits per heavy atom. The van der Waals surface area contributed by atoms with Gasteiger partial charge in [-0.2, -0.15) is 0 Å². The number of anilines is 6. The summed E-state index contributed by atoms with van der Waals surface area (Å²) in [6, 6.07) is 86.4. The molecule has 0 saturated heterocycles. The van der Waals surface area contributed by atoms with E-state index in [1.54, 1.807) is 0 Å². The number of hydrogen-bond acceptors (Lipinski definition) is 3. The number of benzene rings is 10. The zero-order chi connectivity index (χ0) is 40.5. The van der Waals surface area contributed by atoms with Gasteiger partial charge in [0.05, 0.1) is 11.4 Å². The third-order valence-electron chi connectivity index (χ3n) is 11.6. The van der Waals surface area contributed by atoms with Gasteiger partial charge in [0.2, 0.25) is 0 Å². The lowest BCUT2D eigenvalue weighted by molar-refractivity contribution is 0.669. The minimum Gasteiger partial charge on any atom is -0.454 e. The first-order chi connectivity index (χ1) is 30.3. The summed E-state index contributed by atoms with van der Waals surface area (Å²) in [6.07, 6.45) is 0. The van der Waals surface area contributed by atoms with Crippen molar-refractivity contribution in [2.45, 2.75) is 0 Å². The lowest BCUT2D eigenvalue weighted by Crippen LogP contribution is -2.14. The van der Waals surface area contributed by atoms with Gasteiger partial charge in [-0.25, -0.2) is 0 Å². The molecule has 3 heteroatoms. The molecule has 0 amide bonds. The van der Waals surface area contributed by atoms with E-state index >= 15 is 0 Å². The van der Waals surface area contributed by atoms with Crippen molar-refractivity contribution in [3.8, 4) is 33.4 Å². The lowest BCUT2D eigenvalue weighted by Gasteiger charge is -2.31. The van der Waals surface area contributed by atoms with Gasteiger partial charge in [0.15, 0.2) is 5.58 Å². The molecule has 0 unspecified atom stereocenters. The maximum absolute atomic E-state index is 7.10. The highest BCUT2D eigenvalue weighted by atomic mass is 16.3. The maximum Gasteiger partial charge on any atom is 0.159 e. The van der Waals surface area contributed by atoms with Crippen LogP contribution in [0.4, 0.5) is 34.1 Å². The minimum absolute atomic E-state index is 0.817. The van der Waals surface area contributed by atoms with Gasteiger partial charge in [0.25, 0.3) is 0 Å². The van der Waals surface area contributed by atoms with E-state index < -0.39 is 0 Å². The van der Waals surface area contributed by atoms with E-state index in [-0.39, 0.29) is 0 Å². The number of rotatable bonds is 9. The molecule has 0 bridgehead atoms. The van der Waals surface area contributed by atoms with Crippen LogP contribution in [0.3, 0.4) is 0 Å². The van der Waals surface area contributed by atoms with Crippen LogP contribution in [0.25, 0.3) is 66.1 Å². The van der Waals surface area contributed by atoms with E-state index in [1.165, 1.54) is 22.1 Å². The van der Waals surface area contributed by atoms with Crippen molar-refractivity contribution in [2.75, 3.05) is 9.80 Å². The Morgan fingerprint density at radius 2 is 0.787 bits per heavy atom. The Balaban J connectivity index is 1.21. The van der Waals surface area contributed by atoms with Crippen LogP contribution in [0.5, 0.6) is 0 Å². The molecule has 1 aromatic heterocycles. The van der Waals surface area contributed by atoms with Crippen LogP contribution in [0.2, 0.25) is 0 Å². The maximum atomic E-state index is 7.10. The van der Waals surface area contributed by atoms with Crippen LogP contribution in [-0.2, 0) is 0 Å². The molecule has 0 spiro atoms. The van der Waals surface area contributed by atoms with Crippen LogP contribution in [0, 0.1) is 0 Å². The van der Waals surface area contributed by atoms with Gasteiger partial charge in [-0.3, -0.25) is 0 Å². The average Bonchev–Trinajstić information content (AvgIpc) is 3.73. The normalized spacial score (nSPS) is 11.3. The van der Waals surface area contributed by atoms with Gasteiger partial charge < -0.3 is 14.2 Å². The molecule has 0 N–H and O–H groups in total. The summed E-state index contributed by atoms with van der Waals surface area (Å²) in [5.41, 5.74) is 14.7. The van der Waals surface area contributed by atoms with E-state index in [2.05, 4.69) is 252 Å². The molecule has 61 heavy (non-hydrogen) atoms. The Morgan fingerprint density at radius 1 is 0.295 bits per heavy atom. The summed E-state index contributed by atoms with van der Waals surface area (Å²) in [7, 11) is 0. The van der Waals surface area contributed by atoms with E-state index in [0.717, 1.165) is 78.1 Å². The molecule has 0 atom stereocenters. The first-order valence-electron chi connectivity index (χ1n) is 20.8. The van der Waals surface area contributed by atoms with E-state index in [0.29, 0.717) is 0 Å². The van der Waals surface area contributed by atoms with Crippen molar-refractivity contribution in [1.82, 2.24) is 0 Å². The average molecular weight is 781 g/mol. The third-order valence-corrected chi connectivity index (χ3v) is 11.6. The zero-order valence-electron chi connectivity index (χ0n) is 33.4. The summed E-state index contributed by atoms with van der Waals surface area (Å²) in [4.78, 5) is 4.75. The predicted molar refractivity (Wildman–Crippen MR) is 257 cm³/mol. The van der Waals surface area contributed by atoms with Gasteiger partial charge in [-0.15, -0.1) is 0 Å². The standard InChI is InChI=1S/C58H40N2O/c1-5-17-41(18-6-1)43-29-34-48(35-30-43)59(47-24-11-4-12-25-47)50-39-53-57-52-27-14-13-23-46(52)33-38-56(57)61-58(53)55(40-50)60(49-36-31-44(32-37-49)42-19-7-2-8-20-42)54-28-16-15-26-51(54)45-21-9-3-10-22-45/h1-40H. The number of para-hydroxylation sites is 2. The highest BCUT2D eigenvalue weighted by Crippen LogP contribution is 2.50. The van der Waals surface area contributed by atoms with Crippen LogP contribution < -0.4 is 9.80 Å². The van der Waals surface area contributed by atoms with Crippen LogP contribution >= 0.6 is 0 Å². The largest absolute Gasteiger partial charge is 0.454 e. The Bertz CT molecular complexity index is 3270. The second-order valence-electron chi connectivity index (χ2n) is 15.3. The van der Waals surface area contributed by atoms with Crippen molar-refractivity contribution in [3.63, 3.8) is 0 Å². The van der Waals surface area contributed by atoms with E-state index in [9.17, 15) is 0 Å². The van der Waals surface area contributed by atoms with Gasteiger partial charge in [-0.1, -0.05) is 182 Å². The van der Waals surface area contributed by atoms with Gasteiger partial charge in [-0.05, 0) is 99.3 Å². The quantitative estimate of drug-likeness (QED) is 0.145. The van der Waals surface area contributed by atoms with Crippen molar-refractivity contribution in [2.24, 2.45) is 0 Å². The number of fused-ring (bicyclic) bond motifs is 5. The number of hydrogen-bond donors (Lipinski definition) is 0.